The second-order valence-corrected chi connectivity index (χ2v) is 34.4. The maximum Gasteiger partial charge on any atom is 0.333 e. The van der Waals surface area contributed by atoms with Crippen molar-refractivity contribution in [1.29, 1.82) is 0 Å². The molecule has 0 unspecified atom stereocenters. The van der Waals surface area contributed by atoms with E-state index in [4.69, 9.17) is 28.4 Å². The normalized spacial score (nSPS) is 10.5. The summed E-state index contributed by atoms with van der Waals surface area (Å²) in [7, 11) is 0. The fourth-order valence-corrected chi connectivity index (χ4v) is 15.2. The van der Waals surface area contributed by atoms with E-state index in [0.29, 0.717) is 59.5 Å². The van der Waals surface area contributed by atoms with Crippen molar-refractivity contribution in [1.82, 2.24) is 0 Å². The van der Waals surface area contributed by atoms with E-state index in [9.17, 15) is 28.8 Å². The third-order valence-corrected chi connectivity index (χ3v) is 23.0. The van der Waals surface area contributed by atoms with Gasteiger partial charge in [0.15, 0.2) is 0 Å². The van der Waals surface area contributed by atoms with Crippen molar-refractivity contribution >= 4 is 116 Å². The van der Waals surface area contributed by atoms with Gasteiger partial charge in [0.1, 0.15) is 26.4 Å². The molecule has 0 saturated heterocycles. The minimum Gasteiger partial charge on any atom is -0.462 e. The van der Waals surface area contributed by atoms with E-state index in [1.54, 1.807) is 41.5 Å². The minimum absolute atomic E-state index is 0.162. The quantitative estimate of drug-likeness (QED) is 0.0154. The molecule has 0 heterocycles. The fourth-order valence-electron chi connectivity index (χ4n) is 15.2. The number of para-hydroxylation sites is 2. The predicted octanol–water partition coefficient (Wildman–Crippen LogP) is 29.8. The van der Waals surface area contributed by atoms with E-state index in [1.807, 2.05) is 140 Å². The summed E-state index contributed by atoms with van der Waals surface area (Å²) in [6.07, 6.45) is 5.32. The number of anilines is 12. The lowest BCUT2D eigenvalue weighted by molar-refractivity contribution is -0.141. The van der Waals surface area contributed by atoms with Crippen LogP contribution in [0.3, 0.4) is 0 Å². The van der Waals surface area contributed by atoms with Crippen LogP contribution in [-0.4, -0.2) is 49.0 Å². The Morgan fingerprint density at radius 2 is 0.387 bits per heavy atom. The summed E-state index contributed by atoms with van der Waals surface area (Å²) < 4.78 is 31.8. The van der Waals surface area contributed by atoms with Gasteiger partial charge < -0.3 is 48.0 Å². The maximum absolute atomic E-state index is 11.9. The Morgan fingerprint density at radius 1 is 0.204 bits per heavy atom. The standard InChI is InChI=1S/C50H48N2O4.C42H37NO4.C34H31NO4/c1-37(2)49(53)55-35-33-41-21-29-47(30-22-41)51(43-11-7-5-8-12-43)45-25-17-39(18-26-45)15-16-40-19-27-46(28-20-40)52(44-13-9-6-10-14-44)48-31-23-42(24-32-48)34-36-56-50(54)38(3)4;1-30(2)41(44)46-28-33-17-23-38(24-18-33)43(39-25-19-34(20-26-39)29-47-42(45)31(3)4)37-21-15-32(16-22-37)27-40(35-11-7-5-8-12-35)36-13-9-6-10-14-36;1-24(2)33(36)38-22-26-10-16-30(17-11-26)35(31-18-12-27(13-19-31)23-39-34(37)25(3)4)32-20-14-29(15-21-32)28-8-6-5-7-9-28/h5-14,17-32H,1,3,15-16,33-36H2,2,4H3;5-27H,1,3,28-29H2,2,4H3;5-21H,1,3,22-23H2,2,4H3. The maximum atomic E-state index is 11.9. The highest BCUT2D eigenvalue weighted by Gasteiger charge is 2.21. The van der Waals surface area contributed by atoms with Gasteiger partial charge in [0, 0.05) is 115 Å². The molecule has 16 heteroatoms. The molecule has 0 N–H and O–H groups in total. The van der Waals surface area contributed by atoms with E-state index in [1.165, 1.54) is 11.1 Å². The molecule has 0 aliphatic rings. The van der Waals surface area contributed by atoms with Crippen LogP contribution in [0.4, 0.5) is 68.2 Å². The Labute approximate surface area is 833 Å². The van der Waals surface area contributed by atoms with Crippen LogP contribution < -0.4 is 19.6 Å². The first kappa shape index (κ1) is 102. The summed E-state index contributed by atoms with van der Waals surface area (Å²) in [5.41, 5.74) is 29.4. The van der Waals surface area contributed by atoms with Gasteiger partial charge in [0.05, 0.1) is 13.2 Å². The lowest BCUT2D eigenvalue weighted by Gasteiger charge is -2.26. The molecule has 0 atom stereocenters. The number of hydrogen-bond donors (Lipinski definition) is 0. The predicted molar refractivity (Wildman–Crippen MR) is 575 cm³/mol. The number of carbonyl (C=O) groups is 6. The van der Waals surface area contributed by atoms with Gasteiger partial charge in [-0.05, 0) is 284 Å². The zero-order valence-electron chi connectivity index (χ0n) is 81.1. The van der Waals surface area contributed by atoms with Gasteiger partial charge in [-0.1, -0.05) is 288 Å². The summed E-state index contributed by atoms with van der Waals surface area (Å²) in [5, 5.41) is 0. The highest BCUT2D eigenvalue weighted by Crippen LogP contribution is 2.42. The summed E-state index contributed by atoms with van der Waals surface area (Å²) in [6.45, 7) is 33.0. The lowest BCUT2D eigenvalue weighted by atomic mass is 9.95. The molecule has 0 radical (unpaired) electrons. The summed E-state index contributed by atoms with van der Waals surface area (Å²) in [6, 6.07) is 135. The number of nitrogens with zero attached hydrogens (tertiary/aromatic N) is 4. The Kier molecular flexibility index (Phi) is 36.7. The van der Waals surface area contributed by atoms with E-state index in [-0.39, 0.29) is 38.4 Å². The third-order valence-electron chi connectivity index (χ3n) is 23.0. The van der Waals surface area contributed by atoms with Crippen LogP contribution in [0.2, 0.25) is 0 Å². The molecule has 16 nitrogen and oxygen atoms in total. The third kappa shape index (κ3) is 29.5. The van der Waals surface area contributed by atoms with Crippen molar-refractivity contribution in [2.45, 2.75) is 93.7 Å². The summed E-state index contributed by atoms with van der Waals surface area (Å²) in [4.78, 5) is 79.7. The van der Waals surface area contributed by atoms with Crippen molar-refractivity contribution < 1.29 is 57.2 Å². The molecule has 0 aromatic heterocycles. The average Bonchev–Trinajstić information content (AvgIpc) is 0.809. The second-order valence-electron chi connectivity index (χ2n) is 34.4. The average molecular weight is 1880 g/mol. The number of ether oxygens (including phenoxy) is 6. The SMILES string of the molecule is C=C(C)C(=O)OCCc1ccc(N(c2ccccc2)c2ccc(CCc3ccc(N(c4ccccc4)c4ccc(CCOC(=O)C(=C)C)cc4)cc3)cc2)cc1.C=C(C)C(=O)OCc1ccc(N(c2ccc(C=C(c3ccccc3)c3ccccc3)cc2)c2ccc(COC(=O)C(=C)C)cc2)cc1.C=C(C)C(=O)OCc1ccc(N(c2ccc(COC(=O)C(=C)C)cc2)c2ccc(-c3ccccc3)cc2)cc1. The van der Waals surface area contributed by atoms with Crippen molar-refractivity contribution in [3.8, 4) is 11.1 Å². The van der Waals surface area contributed by atoms with Gasteiger partial charge in [0.2, 0.25) is 0 Å². The topological polar surface area (TPSA) is 171 Å². The molecular weight excluding hydrogens is 1760 g/mol. The van der Waals surface area contributed by atoms with Crippen LogP contribution >= 0.6 is 0 Å². The monoisotopic (exact) mass is 1880 g/mol. The highest BCUT2D eigenvalue weighted by atomic mass is 16.6. The van der Waals surface area contributed by atoms with Gasteiger partial charge in [-0.15, -0.1) is 0 Å². The first-order chi connectivity index (χ1) is 68.8. The summed E-state index contributed by atoms with van der Waals surface area (Å²) >= 11 is 0. The molecule has 15 aromatic rings. The van der Waals surface area contributed by atoms with Crippen LogP contribution in [0, 0.1) is 0 Å². The van der Waals surface area contributed by atoms with Crippen molar-refractivity contribution in [2.75, 3.05) is 32.8 Å². The first-order valence-electron chi connectivity index (χ1n) is 46.9. The second kappa shape index (κ2) is 51.1. The van der Waals surface area contributed by atoms with Gasteiger partial charge in [-0.25, -0.2) is 28.8 Å². The Morgan fingerprint density at radius 3 is 0.627 bits per heavy atom. The number of benzene rings is 15. The van der Waals surface area contributed by atoms with Crippen molar-refractivity contribution in [3.05, 3.63) is 528 Å². The zero-order valence-corrected chi connectivity index (χ0v) is 81.1. The molecule has 712 valence electrons. The largest absolute Gasteiger partial charge is 0.462 e. The zero-order chi connectivity index (χ0) is 100. The van der Waals surface area contributed by atoms with E-state index < -0.39 is 23.9 Å². The highest BCUT2D eigenvalue weighted by molar-refractivity contribution is 5.93. The lowest BCUT2D eigenvalue weighted by Crippen LogP contribution is -2.11. The minimum atomic E-state index is -0.415. The van der Waals surface area contributed by atoms with Crippen LogP contribution in [0.15, 0.2) is 467 Å². The molecule has 15 aromatic carbocycles. The van der Waals surface area contributed by atoms with Gasteiger partial charge >= 0.3 is 35.8 Å². The molecule has 15 rings (SSSR count). The van der Waals surface area contributed by atoms with E-state index in [0.717, 1.165) is 148 Å². The molecule has 0 saturated carbocycles. The van der Waals surface area contributed by atoms with Crippen LogP contribution in [0.25, 0.3) is 22.8 Å². The van der Waals surface area contributed by atoms with E-state index in [2.05, 4.69) is 320 Å². The Hall–Kier alpha value is -17.5. The Bertz CT molecular complexity index is 6510. The molecule has 0 aliphatic heterocycles. The van der Waals surface area contributed by atoms with Gasteiger partial charge in [-0.3, -0.25) is 0 Å². The molecular formula is C126H116N4O12. The summed E-state index contributed by atoms with van der Waals surface area (Å²) in [5.74, 6) is -2.37. The van der Waals surface area contributed by atoms with Gasteiger partial charge in [0.25, 0.3) is 0 Å². The number of aryl methyl sites for hydroxylation is 2. The molecule has 0 spiro atoms. The molecule has 0 aliphatic carbocycles. The fraction of sp³-hybridized carbons (Fsp3) is 0.127. The first-order valence-corrected chi connectivity index (χ1v) is 46.9. The molecule has 0 amide bonds. The number of rotatable bonds is 39. The van der Waals surface area contributed by atoms with Crippen molar-refractivity contribution in [3.63, 3.8) is 0 Å². The van der Waals surface area contributed by atoms with Crippen molar-refractivity contribution in [2.24, 2.45) is 0 Å². The molecule has 0 bridgehead atoms. The van der Waals surface area contributed by atoms with E-state index >= 15 is 0 Å². The van der Waals surface area contributed by atoms with Crippen LogP contribution in [-0.2, 0) is 109 Å². The van der Waals surface area contributed by atoms with Gasteiger partial charge in [-0.2, -0.15) is 0 Å². The Balaban J connectivity index is 0.000000182. The molecule has 142 heavy (non-hydrogen) atoms. The smallest absolute Gasteiger partial charge is 0.333 e. The van der Waals surface area contributed by atoms with Crippen LogP contribution in [0.1, 0.15) is 103 Å². The molecule has 0 fully saturated rings. The number of hydrogen-bond acceptors (Lipinski definition) is 16. The van der Waals surface area contributed by atoms with Crippen LogP contribution in [0.5, 0.6) is 0 Å². The number of esters is 6. The number of carbonyl (C=O) groups excluding carboxylic acids is 6.